The molecule has 0 heterocycles. The van der Waals surface area contributed by atoms with Crippen LogP contribution in [0, 0.1) is 18.8 Å². The number of rotatable bonds is 6. The summed E-state index contributed by atoms with van der Waals surface area (Å²) in [5.41, 5.74) is 8.10. The van der Waals surface area contributed by atoms with Crippen molar-refractivity contribution < 1.29 is 9.47 Å². The molecule has 2 N–H and O–H groups in total. The van der Waals surface area contributed by atoms with Crippen LogP contribution in [0.1, 0.15) is 25.0 Å². The number of hydrogen-bond acceptors (Lipinski definition) is 3. The molecule has 0 aliphatic rings. The highest BCUT2D eigenvalue weighted by Gasteiger charge is 2.17. The second kappa shape index (κ2) is 6.64. The van der Waals surface area contributed by atoms with Crippen molar-refractivity contribution in [1.82, 2.24) is 0 Å². The highest BCUT2D eigenvalue weighted by atomic mass is 16.5. The molecule has 0 fully saturated rings. The predicted molar refractivity (Wildman–Crippen MR) is 75.4 cm³/mol. The molecule has 0 saturated heterocycles. The Morgan fingerprint density at radius 1 is 1.17 bits per heavy atom. The van der Waals surface area contributed by atoms with E-state index in [0.717, 1.165) is 23.5 Å². The summed E-state index contributed by atoms with van der Waals surface area (Å²) in [5.74, 6) is 2.84. The third-order valence-electron chi connectivity index (χ3n) is 3.59. The summed E-state index contributed by atoms with van der Waals surface area (Å²) >= 11 is 0. The van der Waals surface area contributed by atoms with Gasteiger partial charge in [-0.15, -0.1) is 0 Å². The first-order valence-electron chi connectivity index (χ1n) is 6.45. The lowest BCUT2D eigenvalue weighted by molar-refractivity contribution is 0.365. The van der Waals surface area contributed by atoms with Crippen LogP contribution in [0.25, 0.3) is 0 Å². The SMILES string of the molecule is COc1ccc(CC(CN)C(C)C)c(OC)c1C. The zero-order valence-electron chi connectivity index (χ0n) is 12.1. The Morgan fingerprint density at radius 2 is 1.83 bits per heavy atom. The van der Waals surface area contributed by atoms with Crippen LogP contribution < -0.4 is 15.2 Å². The lowest BCUT2D eigenvalue weighted by Crippen LogP contribution is -2.22. The molecule has 0 amide bonds. The average molecular weight is 251 g/mol. The summed E-state index contributed by atoms with van der Waals surface area (Å²) in [6.07, 6.45) is 0.947. The zero-order valence-corrected chi connectivity index (χ0v) is 12.1. The topological polar surface area (TPSA) is 44.5 Å². The fraction of sp³-hybridized carbons (Fsp3) is 0.600. The van der Waals surface area contributed by atoms with E-state index in [-0.39, 0.29) is 0 Å². The van der Waals surface area contributed by atoms with Crippen molar-refractivity contribution in [1.29, 1.82) is 0 Å². The van der Waals surface area contributed by atoms with Crippen molar-refractivity contribution in [3.8, 4) is 11.5 Å². The Kier molecular flexibility index (Phi) is 5.48. The number of benzene rings is 1. The van der Waals surface area contributed by atoms with Crippen molar-refractivity contribution in [2.24, 2.45) is 17.6 Å². The van der Waals surface area contributed by atoms with Crippen LogP contribution in [0.5, 0.6) is 11.5 Å². The Morgan fingerprint density at radius 3 is 2.28 bits per heavy atom. The van der Waals surface area contributed by atoms with E-state index in [1.54, 1.807) is 14.2 Å². The van der Waals surface area contributed by atoms with E-state index in [0.29, 0.717) is 18.4 Å². The molecule has 0 aliphatic heterocycles. The molecule has 3 nitrogen and oxygen atoms in total. The summed E-state index contributed by atoms with van der Waals surface area (Å²) < 4.78 is 10.8. The molecule has 3 heteroatoms. The molecule has 1 aromatic rings. The van der Waals surface area contributed by atoms with Crippen molar-refractivity contribution in [3.63, 3.8) is 0 Å². The fourth-order valence-electron chi connectivity index (χ4n) is 2.27. The molecule has 1 aromatic carbocycles. The van der Waals surface area contributed by atoms with Crippen molar-refractivity contribution in [2.45, 2.75) is 27.2 Å². The number of hydrogen-bond donors (Lipinski definition) is 1. The number of methoxy groups -OCH3 is 2. The van der Waals surface area contributed by atoms with Gasteiger partial charge in [0.15, 0.2) is 0 Å². The summed E-state index contributed by atoms with van der Waals surface area (Å²) in [6.45, 7) is 7.14. The van der Waals surface area contributed by atoms with Gasteiger partial charge in [-0.05, 0) is 43.4 Å². The van der Waals surface area contributed by atoms with E-state index in [1.807, 2.05) is 13.0 Å². The molecule has 0 aliphatic carbocycles. The third kappa shape index (κ3) is 3.16. The Balaban J connectivity index is 3.05. The van der Waals surface area contributed by atoms with Crippen molar-refractivity contribution >= 4 is 0 Å². The summed E-state index contributed by atoms with van der Waals surface area (Å²) in [7, 11) is 3.39. The summed E-state index contributed by atoms with van der Waals surface area (Å²) in [4.78, 5) is 0. The second-order valence-electron chi connectivity index (χ2n) is 5.03. The monoisotopic (exact) mass is 251 g/mol. The van der Waals surface area contributed by atoms with E-state index in [2.05, 4.69) is 19.9 Å². The Labute approximate surface area is 110 Å². The van der Waals surface area contributed by atoms with Gasteiger partial charge in [0.25, 0.3) is 0 Å². The van der Waals surface area contributed by atoms with Gasteiger partial charge >= 0.3 is 0 Å². The van der Waals surface area contributed by atoms with Gasteiger partial charge < -0.3 is 15.2 Å². The summed E-state index contributed by atoms with van der Waals surface area (Å²) in [5, 5.41) is 0. The predicted octanol–water partition coefficient (Wildman–Crippen LogP) is 2.79. The van der Waals surface area contributed by atoms with E-state index < -0.39 is 0 Å². The van der Waals surface area contributed by atoms with E-state index >= 15 is 0 Å². The molecule has 1 unspecified atom stereocenters. The normalized spacial score (nSPS) is 12.6. The Hall–Kier alpha value is -1.22. The minimum Gasteiger partial charge on any atom is -0.496 e. The highest BCUT2D eigenvalue weighted by Crippen LogP contribution is 2.33. The van der Waals surface area contributed by atoms with E-state index in [4.69, 9.17) is 15.2 Å². The molecular weight excluding hydrogens is 226 g/mol. The first kappa shape index (κ1) is 14.8. The van der Waals surface area contributed by atoms with Crippen LogP contribution in [0.2, 0.25) is 0 Å². The van der Waals surface area contributed by atoms with Crippen LogP contribution in [0.3, 0.4) is 0 Å². The molecular formula is C15H25NO2. The van der Waals surface area contributed by atoms with E-state index in [9.17, 15) is 0 Å². The first-order chi connectivity index (χ1) is 8.54. The van der Waals surface area contributed by atoms with E-state index in [1.165, 1.54) is 5.56 Å². The Bertz CT molecular complexity index is 388. The molecule has 1 rings (SSSR count). The maximum Gasteiger partial charge on any atom is 0.128 e. The molecule has 0 spiro atoms. The van der Waals surface area contributed by atoms with Gasteiger partial charge in [0.1, 0.15) is 11.5 Å². The largest absolute Gasteiger partial charge is 0.496 e. The van der Waals surface area contributed by atoms with Gasteiger partial charge in [0, 0.05) is 5.56 Å². The van der Waals surface area contributed by atoms with Gasteiger partial charge in [-0.1, -0.05) is 19.9 Å². The van der Waals surface area contributed by atoms with Crippen LogP contribution in [-0.2, 0) is 6.42 Å². The first-order valence-corrected chi connectivity index (χ1v) is 6.45. The van der Waals surface area contributed by atoms with Gasteiger partial charge in [0.2, 0.25) is 0 Å². The van der Waals surface area contributed by atoms with Crippen LogP contribution in [-0.4, -0.2) is 20.8 Å². The maximum atomic E-state index is 5.84. The van der Waals surface area contributed by atoms with Crippen LogP contribution in [0.15, 0.2) is 12.1 Å². The number of ether oxygens (including phenoxy) is 2. The smallest absolute Gasteiger partial charge is 0.128 e. The highest BCUT2D eigenvalue weighted by molar-refractivity contribution is 5.49. The number of nitrogens with two attached hydrogens (primary N) is 1. The molecule has 0 radical (unpaired) electrons. The quantitative estimate of drug-likeness (QED) is 0.845. The lowest BCUT2D eigenvalue weighted by atomic mass is 9.88. The zero-order chi connectivity index (χ0) is 13.7. The molecule has 0 bridgehead atoms. The van der Waals surface area contributed by atoms with Crippen LogP contribution in [0.4, 0.5) is 0 Å². The third-order valence-corrected chi connectivity index (χ3v) is 3.59. The molecule has 18 heavy (non-hydrogen) atoms. The fourth-order valence-corrected chi connectivity index (χ4v) is 2.27. The van der Waals surface area contributed by atoms with Gasteiger partial charge in [0.05, 0.1) is 14.2 Å². The standard InChI is InChI=1S/C15H25NO2/c1-10(2)13(9-16)8-12-6-7-14(17-4)11(3)15(12)18-5/h6-7,10,13H,8-9,16H2,1-5H3. The average Bonchev–Trinajstić information content (AvgIpc) is 2.35. The van der Waals surface area contributed by atoms with Crippen molar-refractivity contribution in [2.75, 3.05) is 20.8 Å². The maximum absolute atomic E-state index is 5.84. The van der Waals surface area contributed by atoms with Crippen molar-refractivity contribution in [3.05, 3.63) is 23.3 Å². The molecule has 0 aromatic heterocycles. The molecule has 102 valence electrons. The minimum atomic E-state index is 0.478. The van der Waals surface area contributed by atoms with Crippen LogP contribution >= 0.6 is 0 Å². The molecule has 1 atom stereocenters. The second-order valence-corrected chi connectivity index (χ2v) is 5.03. The summed E-state index contributed by atoms with van der Waals surface area (Å²) in [6, 6.07) is 4.08. The van der Waals surface area contributed by atoms with Gasteiger partial charge in [-0.2, -0.15) is 0 Å². The lowest BCUT2D eigenvalue weighted by Gasteiger charge is -2.21. The van der Waals surface area contributed by atoms with Gasteiger partial charge in [-0.3, -0.25) is 0 Å². The minimum absolute atomic E-state index is 0.478. The van der Waals surface area contributed by atoms with Gasteiger partial charge in [-0.25, -0.2) is 0 Å². The molecule has 0 saturated carbocycles.